The van der Waals surface area contributed by atoms with Crippen LogP contribution in [0.2, 0.25) is 0 Å². The normalized spacial score (nSPS) is 18.5. The summed E-state index contributed by atoms with van der Waals surface area (Å²) < 4.78 is 40.2. The summed E-state index contributed by atoms with van der Waals surface area (Å²) in [4.78, 5) is 30.0. The van der Waals surface area contributed by atoms with Gasteiger partial charge in [-0.3, -0.25) is 19.3 Å². The Bertz CT molecular complexity index is 1150. The smallest absolute Gasteiger partial charge is 0.319 e. The number of carbonyl (C=O) groups is 2. The maximum absolute atomic E-state index is 13.3. The second kappa shape index (κ2) is 7.64. The van der Waals surface area contributed by atoms with Gasteiger partial charge in [0.25, 0.3) is 5.91 Å². The van der Waals surface area contributed by atoms with Crippen LogP contribution >= 0.6 is 0 Å². The molecule has 0 spiro atoms. The highest BCUT2D eigenvalue weighted by Gasteiger charge is 2.37. The van der Waals surface area contributed by atoms with Crippen LogP contribution in [0.25, 0.3) is 0 Å². The minimum Gasteiger partial charge on any atom is -0.319 e. The van der Waals surface area contributed by atoms with Crippen molar-refractivity contribution in [1.82, 2.24) is 14.8 Å². The zero-order chi connectivity index (χ0) is 22.3. The molecule has 0 saturated heterocycles. The number of benzene rings is 1. The van der Waals surface area contributed by atoms with Gasteiger partial charge in [0.05, 0.1) is 35.0 Å². The molecule has 1 aromatic carbocycles. The van der Waals surface area contributed by atoms with Crippen molar-refractivity contribution in [2.24, 2.45) is 0 Å². The lowest BCUT2D eigenvalue weighted by molar-refractivity contribution is -0.137. The first kappa shape index (κ1) is 20.8. The molecule has 2 atom stereocenters. The van der Waals surface area contributed by atoms with Crippen LogP contribution in [-0.2, 0) is 6.18 Å². The number of hydrogen-bond acceptors (Lipinski definition) is 4. The largest absolute Gasteiger partial charge is 0.416 e. The Morgan fingerprint density at radius 2 is 1.90 bits per heavy atom. The third kappa shape index (κ3) is 3.83. The number of ketones is 1. The molecule has 3 aromatic rings. The van der Waals surface area contributed by atoms with Crippen molar-refractivity contribution in [3.63, 3.8) is 0 Å². The van der Waals surface area contributed by atoms with Crippen LogP contribution in [0.15, 0.2) is 48.8 Å². The van der Waals surface area contributed by atoms with Gasteiger partial charge in [-0.15, -0.1) is 0 Å². The minimum atomic E-state index is -4.44. The lowest BCUT2D eigenvalue weighted by atomic mass is 9.84. The zero-order valence-electron chi connectivity index (χ0n) is 16.8. The fourth-order valence-electron chi connectivity index (χ4n) is 3.85. The van der Waals surface area contributed by atoms with Crippen LogP contribution in [0.1, 0.15) is 63.0 Å². The Morgan fingerprint density at radius 1 is 1.19 bits per heavy atom. The molecule has 6 nitrogen and oxygen atoms in total. The average Bonchev–Trinajstić information content (AvgIpc) is 3.15. The van der Waals surface area contributed by atoms with Gasteiger partial charge in [0.15, 0.2) is 5.78 Å². The van der Waals surface area contributed by atoms with Crippen LogP contribution in [0.5, 0.6) is 0 Å². The molecule has 9 heteroatoms. The molecular weight excluding hydrogens is 409 g/mol. The van der Waals surface area contributed by atoms with Crippen molar-refractivity contribution >= 4 is 17.4 Å². The van der Waals surface area contributed by atoms with E-state index in [0.29, 0.717) is 23.2 Å². The Kier molecular flexibility index (Phi) is 5.12. The Labute approximate surface area is 176 Å². The summed E-state index contributed by atoms with van der Waals surface area (Å²) in [5, 5.41) is 6.98. The zero-order valence-corrected chi connectivity index (χ0v) is 16.8. The molecule has 0 radical (unpaired) electrons. The molecule has 2 aromatic heterocycles. The van der Waals surface area contributed by atoms with E-state index in [9.17, 15) is 22.8 Å². The molecule has 4 rings (SSSR count). The van der Waals surface area contributed by atoms with Crippen molar-refractivity contribution in [3.05, 3.63) is 76.9 Å². The van der Waals surface area contributed by atoms with Crippen LogP contribution in [0.3, 0.4) is 0 Å². The Balaban J connectivity index is 1.64. The Morgan fingerprint density at radius 3 is 2.55 bits per heavy atom. The lowest BCUT2D eigenvalue weighted by Crippen LogP contribution is -2.29. The first-order valence-corrected chi connectivity index (χ1v) is 9.68. The number of alkyl halides is 3. The fraction of sp³-hybridized carbons (Fsp3) is 0.273. The molecule has 3 heterocycles. The number of carbonyl (C=O) groups excluding carboxylic acids is 2. The molecule has 1 unspecified atom stereocenters. The number of anilines is 1. The predicted molar refractivity (Wildman–Crippen MR) is 107 cm³/mol. The van der Waals surface area contributed by atoms with Gasteiger partial charge in [0, 0.05) is 11.9 Å². The second-order valence-corrected chi connectivity index (χ2v) is 7.56. The summed E-state index contributed by atoms with van der Waals surface area (Å²) in [6.45, 7) is 3.58. The van der Waals surface area contributed by atoms with E-state index in [2.05, 4.69) is 15.4 Å². The number of halogens is 3. The first-order valence-electron chi connectivity index (χ1n) is 9.68. The summed E-state index contributed by atoms with van der Waals surface area (Å²) in [6, 6.07) is 7.72. The van der Waals surface area contributed by atoms with Crippen LogP contribution < -0.4 is 5.32 Å². The molecule has 31 heavy (non-hydrogen) atoms. The molecule has 0 bridgehead atoms. The number of Topliss-reactive ketones (excluding diaryl/α,β-unsaturated/α-hetero) is 1. The molecule has 1 N–H and O–H groups in total. The van der Waals surface area contributed by atoms with E-state index < -0.39 is 23.6 Å². The van der Waals surface area contributed by atoms with Gasteiger partial charge >= 0.3 is 6.18 Å². The maximum atomic E-state index is 13.3. The van der Waals surface area contributed by atoms with Crippen LogP contribution in [-0.4, -0.2) is 26.5 Å². The van der Waals surface area contributed by atoms with Crippen molar-refractivity contribution in [1.29, 1.82) is 0 Å². The van der Waals surface area contributed by atoms with Gasteiger partial charge in [-0.1, -0.05) is 12.1 Å². The number of nitrogens with one attached hydrogen (secondary N) is 1. The third-order valence-electron chi connectivity index (χ3n) is 5.48. The molecule has 160 valence electrons. The van der Waals surface area contributed by atoms with Crippen molar-refractivity contribution in [2.45, 2.75) is 38.4 Å². The Hall–Kier alpha value is -3.49. The maximum Gasteiger partial charge on any atom is 0.416 e. The number of amides is 1. The van der Waals surface area contributed by atoms with Crippen LogP contribution in [0, 0.1) is 6.92 Å². The van der Waals surface area contributed by atoms with E-state index in [0.717, 1.165) is 12.1 Å². The topological polar surface area (TPSA) is 76.9 Å². The van der Waals surface area contributed by atoms with Gasteiger partial charge in [0.2, 0.25) is 0 Å². The SMILES string of the molecule is Cc1ncccc1C(=O)Nc1cnn2c1C(=O)C(c1ccc(C(F)(F)F)cc1)C[C@@H]2C. The van der Waals surface area contributed by atoms with Crippen molar-refractivity contribution in [2.75, 3.05) is 5.32 Å². The standard InChI is InChI=1S/C22H19F3N4O2/c1-12-10-17(14-5-7-15(8-6-14)22(23,24)25)20(30)19-18(11-27-29(12)19)28-21(31)16-4-3-9-26-13(16)2/h3-9,11-12,17H,10H2,1-2H3,(H,28,31)/t12-,17?/m0/s1. The van der Waals surface area contributed by atoms with Gasteiger partial charge in [-0.25, -0.2) is 0 Å². The van der Waals surface area contributed by atoms with Crippen molar-refractivity contribution < 1.29 is 22.8 Å². The summed E-state index contributed by atoms with van der Waals surface area (Å²) in [5.74, 6) is -1.34. The summed E-state index contributed by atoms with van der Waals surface area (Å²) >= 11 is 0. The molecular formula is C22H19F3N4O2. The van der Waals surface area contributed by atoms with Gasteiger partial charge in [-0.2, -0.15) is 18.3 Å². The summed E-state index contributed by atoms with van der Waals surface area (Å²) in [7, 11) is 0. The highest BCUT2D eigenvalue weighted by atomic mass is 19.4. The number of pyridine rings is 1. The summed E-state index contributed by atoms with van der Waals surface area (Å²) in [6.07, 6.45) is -1.05. The average molecular weight is 428 g/mol. The van der Waals surface area contributed by atoms with Crippen LogP contribution in [0.4, 0.5) is 18.9 Å². The predicted octanol–water partition coefficient (Wildman–Crippen LogP) is 4.79. The molecule has 0 fully saturated rings. The van der Waals surface area contributed by atoms with Gasteiger partial charge in [-0.05, 0) is 50.1 Å². The number of hydrogen-bond donors (Lipinski definition) is 1. The monoisotopic (exact) mass is 428 g/mol. The number of fused-ring (bicyclic) bond motifs is 1. The number of rotatable bonds is 3. The summed E-state index contributed by atoms with van der Waals surface area (Å²) in [5.41, 5.74) is 1.15. The van der Waals surface area contributed by atoms with Gasteiger partial charge in [0.1, 0.15) is 5.69 Å². The molecule has 1 aliphatic rings. The van der Waals surface area contributed by atoms with E-state index >= 15 is 0 Å². The molecule has 0 saturated carbocycles. The molecule has 1 amide bonds. The highest BCUT2D eigenvalue weighted by Crippen LogP contribution is 2.39. The first-order chi connectivity index (χ1) is 14.7. The minimum absolute atomic E-state index is 0.175. The van der Waals surface area contributed by atoms with E-state index in [1.807, 2.05) is 6.92 Å². The van der Waals surface area contributed by atoms with E-state index in [4.69, 9.17) is 0 Å². The number of nitrogens with zero attached hydrogens (tertiary/aromatic N) is 3. The second-order valence-electron chi connectivity index (χ2n) is 7.56. The number of aromatic nitrogens is 3. The fourth-order valence-corrected chi connectivity index (χ4v) is 3.85. The van der Waals surface area contributed by atoms with E-state index in [1.165, 1.54) is 18.3 Å². The van der Waals surface area contributed by atoms with Gasteiger partial charge < -0.3 is 5.32 Å². The molecule has 1 aliphatic heterocycles. The van der Waals surface area contributed by atoms with Crippen molar-refractivity contribution in [3.8, 4) is 0 Å². The van der Waals surface area contributed by atoms with E-state index in [1.54, 1.807) is 29.9 Å². The quantitative estimate of drug-likeness (QED) is 0.651. The molecule has 0 aliphatic carbocycles. The number of aryl methyl sites for hydroxylation is 1. The highest BCUT2D eigenvalue weighted by molar-refractivity contribution is 6.11. The van der Waals surface area contributed by atoms with E-state index in [-0.39, 0.29) is 23.2 Å². The third-order valence-corrected chi connectivity index (χ3v) is 5.48. The lowest BCUT2D eigenvalue weighted by Gasteiger charge is -2.28.